The highest BCUT2D eigenvalue weighted by molar-refractivity contribution is 7.99. The first kappa shape index (κ1) is 23.9. The van der Waals surface area contributed by atoms with Crippen LogP contribution in [0.5, 0.6) is 0 Å². The second-order valence-electron chi connectivity index (χ2n) is 8.16. The number of thiophene rings is 1. The molecule has 2 aromatic heterocycles. The SMILES string of the molecule is Nc1ccccc1C(CCc1cccs1)C(O)c1nc2cc(Sc3ccc(F)cc3F)ccc2s1. The molecule has 3 aromatic carbocycles. The second-order valence-corrected chi connectivity index (χ2v) is 11.4. The lowest BCUT2D eigenvalue weighted by Gasteiger charge is -2.23. The van der Waals surface area contributed by atoms with Crippen molar-refractivity contribution >= 4 is 50.3 Å². The molecule has 0 aliphatic heterocycles. The summed E-state index contributed by atoms with van der Waals surface area (Å²) in [5.74, 6) is -1.41. The number of aryl methyl sites for hydroxylation is 1. The quantitative estimate of drug-likeness (QED) is 0.203. The van der Waals surface area contributed by atoms with Crippen LogP contribution in [0.2, 0.25) is 0 Å². The van der Waals surface area contributed by atoms with Crippen molar-refractivity contribution in [2.45, 2.75) is 34.7 Å². The van der Waals surface area contributed by atoms with E-state index in [1.807, 2.05) is 48.5 Å². The lowest BCUT2D eigenvalue weighted by Crippen LogP contribution is -2.13. The summed E-state index contributed by atoms with van der Waals surface area (Å²) in [6, 6.07) is 21.0. The zero-order chi connectivity index (χ0) is 24.4. The number of hydrogen-bond acceptors (Lipinski definition) is 6. The molecule has 2 unspecified atom stereocenters. The maximum atomic E-state index is 14.1. The van der Waals surface area contributed by atoms with Gasteiger partial charge in [-0.05, 0) is 66.2 Å². The zero-order valence-electron chi connectivity index (χ0n) is 18.5. The molecule has 2 heterocycles. The van der Waals surface area contributed by atoms with Gasteiger partial charge in [-0.25, -0.2) is 13.8 Å². The summed E-state index contributed by atoms with van der Waals surface area (Å²) in [6.45, 7) is 0. The van der Waals surface area contributed by atoms with Crippen molar-refractivity contribution in [3.8, 4) is 0 Å². The van der Waals surface area contributed by atoms with Crippen LogP contribution in [0.3, 0.4) is 0 Å². The third kappa shape index (κ3) is 5.41. The molecule has 0 saturated carbocycles. The predicted molar refractivity (Wildman–Crippen MR) is 141 cm³/mol. The van der Waals surface area contributed by atoms with Crippen LogP contribution in [0.15, 0.2) is 88.0 Å². The van der Waals surface area contributed by atoms with E-state index in [2.05, 4.69) is 11.4 Å². The molecular weight excluding hydrogens is 503 g/mol. The van der Waals surface area contributed by atoms with Gasteiger partial charge in [0.05, 0.1) is 10.2 Å². The van der Waals surface area contributed by atoms with Gasteiger partial charge >= 0.3 is 0 Å². The molecular formula is C27H22F2N2OS3. The number of nitrogens with two attached hydrogens (primary N) is 1. The Kier molecular flexibility index (Phi) is 7.15. The molecule has 0 amide bonds. The fourth-order valence-corrected chi connectivity index (χ4v) is 6.63. The molecule has 0 fully saturated rings. The number of halogens is 2. The number of aliphatic hydroxyl groups excluding tert-OH is 1. The van der Waals surface area contributed by atoms with Gasteiger partial charge in [-0.1, -0.05) is 36.0 Å². The largest absolute Gasteiger partial charge is 0.398 e. The highest BCUT2D eigenvalue weighted by Crippen LogP contribution is 2.41. The van der Waals surface area contributed by atoms with Crippen LogP contribution in [-0.2, 0) is 6.42 Å². The first-order valence-corrected chi connectivity index (χ1v) is 13.6. The molecule has 0 aliphatic rings. The molecule has 0 aliphatic carbocycles. The van der Waals surface area contributed by atoms with E-state index in [4.69, 9.17) is 10.7 Å². The van der Waals surface area contributed by atoms with Crippen molar-refractivity contribution in [3.05, 3.63) is 105 Å². The van der Waals surface area contributed by atoms with E-state index in [9.17, 15) is 13.9 Å². The minimum Gasteiger partial charge on any atom is -0.398 e. The summed E-state index contributed by atoms with van der Waals surface area (Å²) in [6.07, 6.45) is 0.752. The number of fused-ring (bicyclic) bond motifs is 1. The average Bonchev–Trinajstić information content (AvgIpc) is 3.51. The molecule has 3 nitrogen and oxygen atoms in total. The summed E-state index contributed by atoms with van der Waals surface area (Å²) in [4.78, 5) is 7.13. The lowest BCUT2D eigenvalue weighted by molar-refractivity contribution is 0.140. The summed E-state index contributed by atoms with van der Waals surface area (Å²) in [5, 5.41) is 14.1. The summed E-state index contributed by atoms with van der Waals surface area (Å²) < 4.78 is 28.3. The molecule has 8 heteroatoms. The van der Waals surface area contributed by atoms with E-state index in [0.29, 0.717) is 15.6 Å². The van der Waals surface area contributed by atoms with Crippen molar-refractivity contribution in [2.75, 3.05) is 5.73 Å². The normalized spacial score (nSPS) is 13.2. The fourth-order valence-electron chi connectivity index (χ4n) is 4.06. The minimum absolute atomic E-state index is 0.207. The van der Waals surface area contributed by atoms with Gasteiger partial charge in [0, 0.05) is 32.3 Å². The first-order valence-electron chi connectivity index (χ1n) is 11.1. The van der Waals surface area contributed by atoms with Gasteiger partial charge < -0.3 is 10.8 Å². The predicted octanol–water partition coefficient (Wildman–Crippen LogP) is 7.82. The number of thiazole rings is 1. The Balaban J connectivity index is 1.43. The Morgan fingerprint density at radius 2 is 1.86 bits per heavy atom. The lowest BCUT2D eigenvalue weighted by atomic mass is 9.88. The smallest absolute Gasteiger partial charge is 0.140 e. The number of nitrogens with zero attached hydrogens (tertiary/aromatic N) is 1. The fraction of sp³-hybridized carbons (Fsp3) is 0.148. The van der Waals surface area contributed by atoms with Gasteiger partial charge in [0.25, 0.3) is 0 Å². The zero-order valence-corrected chi connectivity index (χ0v) is 21.0. The van der Waals surface area contributed by atoms with Crippen LogP contribution >= 0.6 is 34.4 Å². The van der Waals surface area contributed by atoms with Crippen molar-refractivity contribution in [1.82, 2.24) is 4.98 Å². The molecule has 178 valence electrons. The highest BCUT2D eigenvalue weighted by atomic mass is 32.2. The number of nitrogen functional groups attached to an aromatic ring is 1. The van der Waals surface area contributed by atoms with Gasteiger partial charge in [0.2, 0.25) is 0 Å². The molecule has 0 radical (unpaired) electrons. The van der Waals surface area contributed by atoms with Crippen LogP contribution in [0, 0.1) is 11.6 Å². The second kappa shape index (κ2) is 10.5. The van der Waals surface area contributed by atoms with Gasteiger partial charge in [-0.2, -0.15) is 0 Å². The summed E-state index contributed by atoms with van der Waals surface area (Å²) >= 11 is 4.36. The number of para-hydroxylation sites is 1. The van der Waals surface area contributed by atoms with E-state index in [0.717, 1.165) is 39.6 Å². The van der Waals surface area contributed by atoms with Gasteiger partial charge in [-0.3, -0.25) is 0 Å². The third-order valence-electron chi connectivity index (χ3n) is 5.81. The standard InChI is InChI=1S/C27H22F2N2OS3/c28-16-7-11-24(21(29)14-16)34-18-9-12-25-23(15-18)31-27(35-25)26(32)20(10-8-17-4-3-13-33-17)19-5-1-2-6-22(19)30/h1-7,9,11-15,20,26,32H,8,10,30H2. The number of aromatic nitrogens is 1. The van der Waals surface area contributed by atoms with E-state index in [-0.39, 0.29) is 5.92 Å². The molecule has 3 N–H and O–H groups in total. The van der Waals surface area contributed by atoms with Crippen LogP contribution < -0.4 is 5.73 Å². The third-order valence-corrected chi connectivity index (χ3v) is 8.89. The Hall–Kier alpha value is -2.78. The van der Waals surface area contributed by atoms with E-state index < -0.39 is 17.7 Å². The topological polar surface area (TPSA) is 59.1 Å². The van der Waals surface area contributed by atoms with E-state index in [1.54, 1.807) is 11.3 Å². The molecule has 0 saturated heterocycles. The maximum Gasteiger partial charge on any atom is 0.140 e. The average molecular weight is 525 g/mol. The van der Waals surface area contributed by atoms with Crippen LogP contribution in [0.25, 0.3) is 10.2 Å². The molecule has 0 spiro atoms. The van der Waals surface area contributed by atoms with Gasteiger partial charge in [0.15, 0.2) is 0 Å². The Morgan fingerprint density at radius 1 is 1.00 bits per heavy atom. The van der Waals surface area contributed by atoms with Gasteiger partial charge in [0.1, 0.15) is 22.7 Å². The number of benzene rings is 3. The van der Waals surface area contributed by atoms with E-state index in [1.165, 1.54) is 40.1 Å². The molecule has 5 rings (SSSR count). The molecule has 0 bridgehead atoms. The number of aliphatic hydroxyl groups is 1. The van der Waals surface area contributed by atoms with Gasteiger partial charge in [-0.15, -0.1) is 22.7 Å². The Bertz CT molecular complexity index is 1450. The van der Waals surface area contributed by atoms with Crippen molar-refractivity contribution in [1.29, 1.82) is 0 Å². The Labute approximate surface area is 214 Å². The van der Waals surface area contributed by atoms with Crippen LogP contribution in [0.1, 0.15) is 33.9 Å². The van der Waals surface area contributed by atoms with Crippen LogP contribution in [-0.4, -0.2) is 10.1 Å². The maximum absolute atomic E-state index is 14.1. The summed E-state index contributed by atoms with van der Waals surface area (Å²) in [5.41, 5.74) is 8.60. The monoisotopic (exact) mass is 524 g/mol. The molecule has 35 heavy (non-hydrogen) atoms. The van der Waals surface area contributed by atoms with Crippen molar-refractivity contribution in [3.63, 3.8) is 0 Å². The minimum atomic E-state index is -0.817. The number of anilines is 1. The van der Waals surface area contributed by atoms with Crippen molar-refractivity contribution < 1.29 is 13.9 Å². The number of rotatable bonds is 8. The molecule has 5 aromatic rings. The summed E-state index contributed by atoms with van der Waals surface area (Å²) in [7, 11) is 0. The van der Waals surface area contributed by atoms with Crippen molar-refractivity contribution in [2.24, 2.45) is 0 Å². The molecule has 2 atom stereocenters. The van der Waals surface area contributed by atoms with Crippen LogP contribution in [0.4, 0.5) is 14.5 Å². The number of hydrogen-bond donors (Lipinski definition) is 2. The highest BCUT2D eigenvalue weighted by Gasteiger charge is 2.27. The Morgan fingerprint density at radius 3 is 2.63 bits per heavy atom. The van der Waals surface area contributed by atoms with E-state index >= 15 is 0 Å². The first-order chi connectivity index (χ1) is 17.0.